The van der Waals surface area contributed by atoms with E-state index >= 15 is 0 Å². The second-order valence-corrected chi connectivity index (χ2v) is 12.9. The van der Waals surface area contributed by atoms with E-state index in [1.165, 1.54) is 11.0 Å². The summed E-state index contributed by atoms with van der Waals surface area (Å²) < 4.78 is 25.0. The van der Waals surface area contributed by atoms with Gasteiger partial charge in [-0.3, -0.25) is 14.4 Å². The van der Waals surface area contributed by atoms with Crippen LogP contribution in [0.2, 0.25) is 0 Å². The summed E-state index contributed by atoms with van der Waals surface area (Å²) in [6.45, 7) is 0.215. The molecule has 2 heterocycles. The Kier molecular flexibility index (Phi) is 6.26. The number of nitrogens with one attached hydrogen (secondary N) is 2. The molecule has 0 radical (unpaired) electrons. The Bertz CT molecular complexity index is 1310. The van der Waals surface area contributed by atoms with Crippen molar-refractivity contribution in [3.63, 3.8) is 0 Å². The van der Waals surface area contributed by atoms with Gasteiger partial charge in [0.2, 0.25) is 5.76 Å². The number of carbonyl (C=O) groups excluding carboxylic acids is 2. The highest BCUT2D eigenvalue weighted by Crippen LogP contribution is 2.47. The van der Waals surface area contributed by atoms with Crippen LogP contribution in [0.3, 0.4) is 0 Å². The van der Waals surface area contributed by atoms with Gasteiger partial charge in [-0.25, -0.2) is 14.4 Å². The monoisotopic (exact) mass is 487 g/mol. The molecule has 1 aromatic heterocycles. The van der Waals surface area contributed by atoms with E-state index in [4.69, 9.17) is 9.26 Å². The highest BCUT2D eigenvalue weighted by Gasteiger charge is 2.38. The Balaban J connectivity index is 1.70. The number of aromatic nitrogens is 1. The Morgan fingerprint density at radius 1 is 1.18 bits per heavy atom. The number of halogens is 1. The Morgan fingerprint density at radius 2 is 1.94 bits per heavy atom. The number of nitrogens with zero attached hydrogens (tertiary/aromatic N) is 1. The van der Waals surface area contributed by atoms with E-state index in [1.807, 2.05) is 24.8 Å². The average Bonchev–Trinajstić information content (AvgIpc) is 3.22. The second kappa shape index (κ2) is 9.02. The molecule has 4 rings (SSSR count). The molecule has 34 heavy (non-hydrogen) atoms. The van der Waals surface area contributed by atoms with Crippen molar-refractivity contribution in [3.05, 3.63) is 75.5 Å². The molecule has 3 aromatic rings. The fraction of sp³-hybridized carbons (Fsp3) is 0.292. The summed E-state index contributed by atoms with van der Waals surface area (Å²) in [5.74, 6) is -1.05. The van der Waals surface area contributed by atoms with Crippen LogP contribution in [0.4, 0.5) is 10.1 Å². The number of hydrogen-bond acceptors (Lipinski definition) is 5. The van der Waals surface area contributed by atoms with E-state index in [1.54, 1.807) is 31.4 Å². The van der Waals surface area contributed by atoms with Crippen LogP contribution in [-0.2, 0) is 11.2 Å². The number of fused-ring (bicyclic) bond motifs is 1. The van der Waals surface area contributed by atoms with Crippen LogP contribution in [0.5, 0.6) is 5.75 Å². The van der Waals surface area contributed by atoms with E-state index in [2.05, 4.69) is 10.5 Å². The number of benzene rings is 2. The third kappa shape index (κ3) is 4.58. The van der Waals surface area contributed by atoms with Gasteiger partial charge in [-0.15, -0.1) is 0 Å². The Labute approximate surface area is 197 Å². The minimum absolute atomic E-state index is 0.191. The molecule has 0 bridgehead atoms. The van der Waals surface area contributed by atoms with E-state index in [0.717, 1.165) is 11.6 Å². The minimum atomic E-state index is -1.29. The molecule has 10 heteroatoms. The van der Waals surface area contributed by atoms with Gasteiger partial charge in [0.25, 0.3) is 17.4 Å². The number of ether oxygens (including phenoxy) is 1. The predicted octanol–water partition coefficient (Wildman–Crippen LogP) is 3.55. The van der Waals surface area contributed by atoms with Gasteiger partial charge < -0.3 is 19.5 Å². The fourth-order valence-corrected chi connectivity index (χ4v) is 5.17. The summed E-state index contributed by atoms with van der Waals surface area (Å²) in [5, 5.41) is 4.84. The van der Waals surface area contributed by atoms with Crippen LogP contribution >= 0.6 is 10.0 Å². The van der Waals surface area contributed by atoms with E-state index in [-0.39, 0.29) is 18.0 Å². The molecule has 2 amide bonds. The van der Waals surface area contributed by atoms with Crippen molar-refractivity contribution in [2.75, 3.05) is 37.7 Å². The standard InChI is InChI=1S/C24H26FN3O5S/c1-32-16-6-7-17-14(11-16)9-10-28(24(31)19-13-21(29)27-33-19)22(17)23(30)26-15-5-8-20(18(25)12-15)34(2,3)4/h5-8,11-13,22H,9-10H2,1-4H3,(H,26,30)(H,27,29). The predicted molar refractivity (Wildman–Crippen MR) is 128 cm³/mol. The number of aromatic amines is 1. The normalized spacial score (nSPS) is 16.0. The third-order valence-corrected chi connectivity index (χ3v) is 7.33. The average molecular weight is 488 g/mol. The molecule has 1 aliphatic heterocycles. The molecule has 180 valence electrons. The van der Waals surface area contributed by atoms with E-state index < -0.39 is 39.3 Å². The van der Waals surface area contributed by atoms with Crippen molar-refractivity contribution in [1.29, 1.82) is 0 Å². The molecule has 1 unspecified atom stereocenters. The largest absolute Gasteiger partial charge is 0.497 e. The number of amides is 2. The van der Waals surface area contributed by atoms with Crippen LogP contribution in [0.1, 0.15) is 27.7 Å². The van der Waals surface area contributed by atoms with Crippen LogP contribution < -0.4 is 15.6 Å². The molecule has 2 N–H and O–H groups in total. The Morgan fingerprint density at radius 3 is 2.56 bits per heavy atom. The van der Waals surface area contributed by atoms with Gasteiger partial charge in [-0.05, 0) is 66.6 Å². The van der Waals surface area contributed by atoms with Gasteiger partial charge in [0.15, 0.2) is 0 Å². The molecule has 2 aromatic carbocycles. The minimum Gasteiger partial charge on any atom is -0.497 e. The molecule has 0 saturated heterocycles. The zero-order chi connectivity index (χ0) is 24.6. The molecule has 1 atom stereocenters. The van der Waals surface area contributed by atoms with Crippen molar-refractivity contribution in [2.45, 2.75) is 17.4 Å². The van der Waals surface area contributed by atoms with Crippen molar-refractivity contribution in [2.24, 2.45) is 0 Å². The maximum Gasteiger partial charge on any atom is 0.293 e. The maximum absolute atomic E-state index is 14.7. The van der Waals surface area contributed by atoms with Crippen molar-refractivity contribution < 1.29 is 23.2 Å². The van der Waals surface area contributed by atoms with Gasteiger partial charge in [0, 0.05) is 17.1 Å². The number of methoxy groups -OCH3 is 1. The first kappa shape index (κ1) is 23.6. The summed E-state index contributed by atoms with van der Waals surface area (Å²) in [5.41, 5.74) is 1.21. The highest BCUT2D eigenvalue weighted by molar-refractivity contribution is 8.32. The van der Waals surface area contributed by atoms with Crippen LogP contribution in [-0.4, -0.2) is 54.3 Å². The number of anilines is 1. The zero-order valence-electron chi connectivity index (χ0n) is 19.3. The smallest absolute Gasteiger partial charge is 0.293 e. The molecule has 0 spiro atoms. The molecule has 0 aliphatic carbocycles. The quantitative estimate of drug-likeness (QED) is 0.573. The lowest BCUT2D eigenvalue weighted by atomic mass is 9.91. The Hall–Kier alpha value is -3.53. The summed E-state index contributed by atoms with van der Waals surface area (Å²) in [4.78, 5) is 40.1. The van der Waals surface area contributed by atoms with E-state index in [0.29, 0.717) is 22.6 Å². The first-order chi connectivity index (χ1) is 16.1. The molecular weight excluding hydrogens is 461 g/mol. The third-order valence-electron chi connectivity index (χ3n) is 5.68. The summed E-state index contributed by atoms with van der Waals surface area (Å²) in [7, 11) is 0.266. The number of rotatable bonds is 5. The van der Waals surface area contributed by atoms with Crippen molar-refractivity contribution >= 4 is 27.5 Å². The molecule has 1 aliphatic rings. The van der Waals surface area contributed by atoms with Gasteiger partial charge in [0.05, 0.1) is 13.2 Å². The lowest BCUT2D eigenvalue weighted by Gasteiger charge is -2.36. The molecule has 8 nitrogen and oxygen atoms in total. The van der Waals surface area contributed by atoms with E-state index in [9.17, 15) is 18.8 Å². The molecule has 0 fully saturated rings. The van der Waals surface area contributed by atoms with Crippen LogP contribution in [0.15, 0.2) is 56.7 Å². The fourth-order valence-electron chi connectivity index (χ4n) is 4.05. The number of carbonyl (C=O) groups is 2. The highest BCUT2D eigenvalue weighted by atomic mass is 32.3. The van der Waals surface area contributed by atoms with Crippen LogP contribution in [0.25, 0.3) is 0 Å². The topological polar surface area (TPSA) is 105 Å². The lowest BCUT2D eigenvalue weighted by Crippen LogP contribution is -2.45. The van der Waals surface area contributed by atoms with Crippen LogP contribution in [0, 0.1) is 5.82 Å². The molecular formula is C24H26FN3O5S. The summed E-state index contributed by atoms with van der Waals surface area (Å²) in [6, 6.07) is 9.93. The van der Waals surface area contributed by atoms with Gasteiger partial charge in [-0.1, -0.05) is 6.07 Å². The molecule has 0 saturated carbocycles. The SMILES string of the molecule is COc1ccc2c(c1)CCN(C(=O)c1cc(=O)[nH]o1)C2C(=O)Nc1ccc(S(C)(C)C)c(F)c1. The maximum atomic E-state index is 14.7. The number of H-pyrrole nitrogens is 1. The summed E-state index contributed by atoms with van der Waals surface area (Å²) >= 11 is 0. The van der Waals surface area contributed by atoms with Gasteiger partial charge >= 0.3 is 0 Å². The second-order valence-electron chi connectivity index (χ2n) is 8.76. The van der Waals surface area contributed by atoms with Gasteiger partial charge in [0.1, 0.15) is 17.6 Å². The van der Waals surface area contributed by atoms with Crippen molar-refractivity contribution in [1.82, 2.24) is 10.1 Å². The lowest BCUT2D eigenvalue weighted by molar-refractivity contribution is -0.121. The number of hydrogen-bond donors (Lipinski definition) is 2. The zero-order valence-corrected chi connectivity index (χ0v) is 20.1. The van der Waals surface area contributed by atoms with Crippen molar-refractivity contribution in [3.8, 4) is 5.75 Å². The summed E-state index contributed by atoms with van der Waals surface area (Å²) in [6.07, 6.45) is 6.44. The van der Waals surface area contributed by atoms with Gasteiger partial charge in [-0.2, -0.15) is 5.16 Å². The first-order valence-corrected chi connectivity index (χ1v) is 13.4. The first-order valence-electron chi connectivity index (χ1n) is 10.5.